The normalized spacial score (nSPS) is 11.4. The van der Waals surface area contributed by atoms with Gasteiger partial charge in [0.2, 0.25) is 0 Å². The molecule has 11 nitrogen and oxygen atoms in total. The molecule has 1 amide bonds. The number of carboxylic acids is 1. The second-order valence-electron chi connectivity index (χ2n) is 14.3. The molecule has 0 bridgehead atoms. The topological polar surface area (TPSA) is 147 Å². The summed E-state index contributed by atoms with van der Waals surface area (Å²) in [7, 11) is 0. The highest BCUT2D eigenvalue weighted by atomic mass is 16.6. The molecule has 0 saturated carbocycles. The lowest BCUT2D eigenvalue weighted by Gasteiger charge is -2.20. The van der Waals surface area contributed by atoms with Crippen LogP contribution in [0.15, 0.2) is 97.1 Å². The van der Waals surface area contributed by atoms with E-state index in [9.17, 15) is 24.3 Å². The van der Waals surface area contributed by atoms with Gasteiger partial charge in [-0.1, -0.05) is 66.7 Å². The number of carbonyl (C=O) groups excluding carboxylic acids is 3. The molecule has 0 radical (unpaired) electrons. The molecule has 0 aliphatic carbocycles. The van der Waals surface area contributed by atoms with Crippen molar-refractivity contribution >= 4 is 35.8 Å². The maximum Gasteiger partial charge on any atom is 0.412 e. The lowest BCUT2D eigenvalue weighted by atomic mass is 10.0. The number of rotatable bonds is 15. The highest BCUT2D eigenvalue weighted by Crippen LogP contribution is 2.36. The Hall–Kier alpha value is -6.10. The fourth-order valence-electron chi connectivity index (χ4n) is 5.16. The van der Waals surface area contributed by atoms with Crippen LogP contribution in [0, 0.1) is 0 Å². The van der Waals surface area contributed by atoms with Crippen LogP contribution in [0.4, 0.5) is 10.5 Å². The third-order valence-electron chi connectivity index (χ3n) is 7.43. The van der Waals surface area contributed by atoms with E-state index < -0.39 is 35.2 Å². The van der Waals surface area contributed by atoms with Gasteiger partial charge in [0.15, 0.2) is 11.5 Å². The molecule has 0 aliphatic heterocycles. The number of aryl methyl sites for hydroxylation is 1. The Kier molecular flexibility index (Phi) is 14.0. The average Bonchev–Trinajstić information content (AvgIpc) is 3.10. The number of anilines is 1. The molecule has 0 aliphatic rings. The van der Waals surface area contributed by atoms with E-state index in [1.54, 1.807) is 65.8 Å². The molecule has 54 heavy (non-hydrogen) atoms. The molecule has 4 aromatic rings. The van der Waals surface area contributed by atoms with Gasteiger partial charge in [-0.3, -0.25) is 5.32 Å². The molecule has 0 spiro atoms. The van der Waals surface area contributed by atoms with Crippen molar-refractivity contribution in [2.24, 2.45) is 0 Å². The molecule has 11 heteroatoms. The fourth-order valence-corrected chi connectivity index (χ4v) is 5.16. The first-order valence-electron chi connectivity index (χ1n) is 17.5. The van der Waals surface area contributed by atoms with Gasteiger partial charge >= 0.3 is 24.0 Å². The van der Waals surface area contributed by atoms with E-state index in [-0.39, 0.29) is 42.4 Å². The first-order chi connectivity index (χ1) is 25.6. The Morgan fingerprint density at radius 3 is 1.98 bits per heavy atom. The Morgan fingerprint density at radius 2 is 1.37 bits per heavy atom. The smallest absolute Gasteiger partial charge is 0.412 e. The Labute approximate surface area is 315 Å². The van der Waals surface area contributed by atoms with Gasteiger partial charge in [0.25, 0.3) is 0 Å². The lowest BCUT2D eigenvalue weighted by Crippen LogP contribution is -2.27. The molecule has 0 aromatic heterocycles. The summed E-state index contributed by atoms with van der Waals surface area (Å²) in [4.78, 5) is 51.0. The van der Waals surface area contributed by atoms with Crippen LogP contribution in [-0.4, -0.2) is 46.9 Å². The molecule has 0 unspecified atom stereocenters. The monoisotopic (exact) mass is 737 g/mol. The standard InChI is InChI=1S/C43H47NO10/c1-42(2,3)53-36(45)24-20-31-19-23-35(51-27-29-14-9-7-10-15-29)38(37(31)39(46)47)50-25-13-18-32-26-33(44-41(49)54-43(4,5)6)21-22-34(32)40(48)52-28-30-16-11-8-12-17-30/h7-12,14-17,19-24,26H,13,18,25,27-28H2,1-6H3,(H,44,49)(H,46,47). The maximum atomic E-state index is 13.3. The van der Waals surface area contributed by atoms with Crippen LogP contribution >= 0.6 is 0 Å². The van der Waals surface area contributed by atoms with E-state index in [1.165, 1.54) is 12.1 Å². The summed E-state index contributed by atoms with van der Waals surface area (Å²) in [6, 6.07) is 26.6. The van der Waals surface area contributed by atoms with Crippen molar-refractivity contribution in [1.82, 2.24) is 0 Å². The summed E-state index contributed by atoms with van der Waals surface area (Å²) in [5.41, 5.74) is 1.53. The van der Waals surface area contributed by atoms with Crippen molar-refractivity contribution in [2.75, 3.05) is 11.9 Å². The molecule has 0 fully saturated rings. The molecular formula is C43H47NO10. The maximum absolute atomic E-state index is 13.3. The summed E-state index contributed by atoms with van der Waals surface area (Å²) in [5, 5.41) is 13.1. The van der Waals surface area contributed by atoms with Gasteiger partial charge in [0, 0.05) is 11.8 Å². The van der Waals surface area contributed by atoms with E-state index in [4.69, 9.17) is 23.7 Å². The summed E-state index contributed by atoms with van der Waals surface area (Å²) < 4.78 is 28.6. The van der Waals surface area contributed by atoms with Gasteiger partial charge in [-0.25, -0.2) is 19.2 Å². The van der Waals surface area contributed by atoms with Crippen LogP contribution in [0.3, 0.4) is 0 Å². The Balaban J connectivity index is 1.59. The predicted molar refractivity (Wildman–Crippen MR) is 205 cm³/mol. The van der Waals surface area contributed by atoms with Crippen LogP contribution in [0.5, 0.6) is 11.5 Å². The number of benzene rings is 4. The van der Waals surface area contributed by atoms with Crippen LogP contribution in [0.1, 0.15) is 90.9 Å². The second kappa shape index (κ2) is 18.6. The quantitative estimate of drug-likeness (QED) is 0.0524. The first-order valence-corrected chi connectivity index (χ1v) is 17.5. The zero-order valence-corrected chi connectivity index (χ0v) is 31.5. The SMILES string of the molecule is CC(C)(C)OC(=O)C=Cc1ccc(OCc2ccccc2)c(OCCCc2cc(NC(=O)OC(C)(C)C)ccc2C(=O)OCc2ccccc2)c1C(=O)O. The van der Waals surface area contributed by atoms with E-state index in [0.29, 0.717) is 29.7 Å². The molecule has 0 saturated heterocycles. The van der Waals surface area contributed by atoms with E-state index in [2.05, 4.69) is 5.32 Å². The summed E-state index contributed by atoms with van der Waals surface area (Å²) >= 11 is 0. The number of carbonyl (C=O) groups is 4. The molecule has 0 atom stereocenters. The largest absolute Gasteiger partial charge is 0.489 e. The summed E-state index contributed by atoms with van der Waals surface area (Å²) in [6.07, 6.45) is 2.49. The van der Waals surface area contributed by atoms with Crippen LogP contribution in [0.2, 0.25) is 0 Å². The first kappa shape index (κ1) is 40.7. The minimum absolute atomic E-state index is 0.0173. The number of amides is 1. The summed E-state index contributed by atoms with van der Waals surface area (Å²) in [6.45, 7) is 10.7. The van der Waals surface area contributed by atoms with Gasteiger partial charge in [-0.05, 0) is 107 Å². The third-order valence-corrected chi connectivity index (χ3v) is 7.43. The zero-order chi connectivity index (χ0) is 39.3. The number of hydrogen-bond donors (Lipinski definition) is 2. The van der Waals surface area contributed by atoms with E-state index >= 15 is 0 Å². The average molecular weight is 738 g/mol. The van der Waals surface area contributed by atoms with Gasteiger partial charge in [-0.2, -0.15) is 0 Å². The third kappa shape index (κ3) is 13.1. The number of aromatic carboxylic acids is 1. The molecule has 4 rings (SSSR count). The van der Waals surface area contributed by atoms with E-state index in [1.807, 2.05) is 60.7 Å². The van der Waals surface area contributed by atoms with Gasteiger partial charge in [0.1, 0.15) is 30.0 Å². The van der Waals surface area contributed by atoms with Crippen molar-refractivity contribution in [3.05, 3.63) is 130 Å². The number of ether oxygens (including phenoxy) is 5. The van der Waals surface area contributed by atoms with Gasteiger partial charge in [0.05, 0.1) is 12.2 Å². The van der Waals surface area contributed by atoms with Crippen molar-refractivity contribution < 1.29 is 48.0 Å². The van der Waals surface area contributed by atoms with Crippen molar-refractivity contribution in [2.45, 2.75) is 78.8 Å². The van der Waals surface area contributed by atoms with Crippen molar-refractivity contribution in [3.63, 3.8) is 0 Å². The molecule has 4 aromatic carbocycles. The minimum Gasteiger partial charge on any atom is -0.489 e. The van der Waals surface area contributed by atoms with Crippen LogP contribution < -0.4 is 14.8 Å². The van der Waals surface area contributed by atoms with Crippen molar-refractivity contribution in [3.8, 4) is 11.5 Å². The molecule has 284 valence electrons. The lowest BCUT2D eigenvalue weighted by molar-refractivity contribution is -0.148. The van der Waals surface area contributed by atoms with Crippen LogP contribution in [0.25, 0.3) is 6.08 Å². The number of carboxylic acid groups (broad SMARTS) is 1. The van der Waals surface area contributed by atoms with Crippen molar-refractivity contribution in [1.29, 1.82) is 0 Å². The summed E-state index contributed by atoms with van der Waals surface area (Å²) in [5.74, 6) is -2.30. The van der Waals surface area contributed by atoms with Gasteiger partial charge in [-0.15, -0.1) is 0 Å². The number of esters is 2. The highest BCUT2D eigenvalue weighted by molar-refractivity contribution is 5.98. The Bertz CT molecular complexity index is 1940. The molecule has 0 heterocycles. The fraction of sp³-hybridized carbons (Fsp3) is 0.302. The van der Waals surface area contributed by atoms with Crippen LogP contribution in [-0.2, 0) is 38.6 Å². The highest BCUT2D eigenvalue weighted by Gasteiger charge is 2.23. The number of nitrogens with one attached hydrogen (secondary N) is 1. The predicted octanol–water partition coefficient (Wildman–Crippen LogP) is 9.03. The van der Waals surface area contributed by atoms with E-state index in [0.717, 1.165) is 17.2 Å². The van der Waals surface area contributed by atoms with Gasteiger partial charge < -0.3 is 28.8 Å². The zero-order valence-electron chi connectivity index (χ0n) is 31.5. The minimum atomic E-state index is -1.29. The molecule has 2 N–H and O–H groups in total. The molecular weight excluding hydrogens is 690 g/mol. The Morgan fingerprint density at radius 1 is 0.741 bits per heavy atom. The number of hydrogen-bond acceptors (Lipinski definition) is 9. The second-order valence-corrected chi connectivity index (χ2v) is 14.3.